The molecule has 2 rings (SSSR count). The molecule has 0 aliphatic carbocycles. The van der Waals surface area contributed by atoms with E-state index in [1.54, 1.807) is 0 Å². The third kappa shape index (κ3) is 4.97. The van der Waals surface area contributed by atoms with Gasteiger partial charge in [0.15, 0.2) is 0 Å². The Morgan fingerprint density at radius 3 is 2.62 bits per heavy atom. The number of Topliss-reactive ketones (excluding diaryl/α,β-unsaturated/α-hetero) is 1. The number of piperidine rings is 1. The number of carbonyl (C=O) groups is 2. The van der Waals surface area contributed by atoms with Gasteiger partial charge in [-0.15, -0.1) is 0 Å². The highest BCUT2D eigenvalue weighted by molar-refractivity contribution is 5.94. The predicted octanol–water partition coefficient (Wildman–Crippen LogP) is 2.42. The molecule has 1 heterocycles. The van der Waals surface area contributed by atoms with Gasteiger partial charge in [0, 0.05) is 25.6 Å². The summed E-state index contributed by atoms with van der Waals surface area (Å²) in [5.74, 6) is -0.247. The van der Waals surface area contributed by atoms with Crippen molar-refractivity contribution in [3.05, 3.63) is 35.9 Å². The van der Waals surface area contributed by atoms with E-state index < -0.39 is 5.97 Å². The van der Waals surface area contributed by atoms with Gasteiger partial charge in [-0.05, 0) is 18.9 Å². The molecule has 0 radical (unpaired) electrons. The first kappa shape index (κ1) is 15.7. The van der Waals surface area contributed by atoms with Crippen LogP contribution in [0, 0.1) is 5.92 Å². The minimum absolute atomic E-state index is 0.0659. The lowest BCUT2D eigenvalue weighted by atomic mass is 9.96. The maximum absolute atomic E-state index is 11.6. The molecule has 1 aliphatic rings. The molecular weight excluding hydrogens is 266 g/mol. The van der Waals surface area contributed by atoms with Crippen molar-refractivity contribution in [3.8, 4) is 0 Å². The van der Waals surface area contributed by atoms with Crippen LogP contribution in [0.4, 0.5) is 0 Å². The van der Waals surface area contributed by atoms with Crippen molar-refractivity contribution in [1.82, 2.24) is 4.90 Å². The second-order valence-corrected chi connectivity index (χ2v) is 5.89. The molecule has 21 heavy (non-hydrogen) atoms. The van der Waals surface area contributed by atoms with Gasteiger partial charge in [0.2, 0.25) is 0 Å². The Labute approximate surface area is 126 Å². The Morgan fingerprint density at radius 1 is 1.29 bits per heavy atom. The molecule has 1 fully saturated rings. The van der Waals surface area contributed by atoms with Gasteiger partial charge in [0.05, 0.1) is 0 Å². The molecule has 0 bridgehead atoms. The lowest BCUT2D eigenvalue weighted by molar-refractivity contribution is -0.155. The summed E-state index contributed by atoms with van der Waals surface area (Å²) in [6.45, 7) is 6.26. The Kier molecular flexibility index (Phi) is 5.51. The first-order valence-corrected chi connectivity index (χ1v) is 7.50. The molecule has 1 saturated heterocycles. The summed E-state index contributed by atoms with van der Waals surface area (Å²) >= 11 is 0. The van der Waals surface area contributed by atoms with Crippen molar-refractivity contribution >= 4 is 11.8 Å². The Morgan fingerprint density at radius 2 is 2.00 bits per heavy atom. The lowest BCUT2D eigenvalue weighted by Crippen LogP contribution is -2.43. The standard InChI is InChI=1S/C17H23NO3/c1-13-11-18(12-15-6-4-3-5-7-15)9-8-16(13)21-17(20)10-14(2)19/h3-7,13,16H,8-12H2,1-2H3. The molecule has 4 heteroatoms. The topological polar surface area (TPSA) is 46.6 Å². The maximum atomic E-state index is 11.6. The van der Waals surface area contributed by atoms with Crippen LogP contribution in [-0.4, -0.2) is 35.8 Å². The zero-order valence-corrected chi connectivity index (χ0v) is 12.7. The van der Waals surface area contributed by atoms with Gasteiger partial charge in [0.1, 0.15) is 18.3 Å². The van der Waals surface area contributed by atoms with E-state index in [-0.39, 0.29) is 18.3 Å². The third-order valence-electron chi connectivity index (χ3n) is 3.84. The van der Waals surface area contributed by atoms with Crippen LogP contribution in [0.1, 0.15) is 32.3 Å². The minimum Gasteiger partial charge on any atom is -0.462 e. The number of esters is 1. The smallest absolute Gasteiger partial charge is 0.313 e. The molecule has 0 saturated carbocycles. The van der Waals surface area contributed by atoms with Crippen molar-refractivity contribution in [2.24, 2.45) is 5.92 Å². The van der Waals surface area contributed by atoms with Crippen LogP contribution in [0.3, 0.4) is 0 Å². The van der Waals surface area contributed by atoms with Crippen LogP contribution in [-0.2, 0) is 20.9 Å². The van der Waals surface area contributed by atoms with E-state index in [1.807, 2.05) is 6.07 Å². The van der Waals surface area contributed by atoms with Gasteiger partial charge in [-0.1, -0.05) is 37.3 Å². The third-order valence-corrected chi connectivity index (χ3v) is 3.84. The number of ketones is 1. The molecule has 0 aromatic heterocycles. The van der Waals surface area contributed by atoms with Crippen molar-refractivity contribution in [1.29, 1.82) is 0 Å². The Bertz CT molecular complexity index is 486. The number of benzene rings is 1. The molecule has 0 amide bonds. The second-order valence-electron chi connectivity index (χ2n) is 5.89. The molecule has 114 valence electrons. The fraction of sp³-hybridized carbons (Fsp3) is 0.529. The van der Waals surface area contributed by atoms with Crippen LogP contribution in [0.15, 0.2) is 30.3 Å². The second kappa shape index (κ2) is 7.36. The lowest BCUT2D eigenvalue weighted by Gasteiger charge is -2.36. The molecule has 0 spiro atoms. The summed E-state index contributed by atoms with van der Waals surface area (Å²) in [5.41, 5.74) is 1.30. The highest BCUT2D eigenvalue weighted by Crippen LogP contribution is 2.22. The number of likely N-dealkylation sites (tertiary alicyclic amines) is 1. The quantitative estimate of drug-likeness (QED) is 0.617. The largest absolute Gasteiger partial charge is 0.462 e. The van der Waals surface area contributed by atoms with Gasteiger partial charge in [-0.3, -0.25) is 14.5 Å². The number of hydrogen-bond acceptors (Lipinski definition) is 4. The zero-order valence-electron chi connectivity index (χ0n) is 12.7. The summed E-state index contributed by atoms with van der Waals surface area (Å²) < 4.78 is 5.43. The number of nitrogens with zero attached hydrogens (tertiary/aromatic N) is 1. The van der Waals surface area contributed by atoms with Gasteiger partial charge < -0.3 is 4.74 Å². The van der Waals surface area contributed by atoms with Crippen LogP contribution >= 0.6 is 0 Å². The maximum Gasteiger partial charge on any atom is 0.313 e. The molecule has 0 N–H and O–H groups in total. The van der Waals surface area contributed by atoms with E-state index in [0.717, 1.165) is 26.1 Å². The fourth-order valence-corrected chi connectivity index (χ4v) is 2.78. The van der Waals surface area contributed by atoms with Gasteiger partial charge in [-0.2, -0.15) is 0 Å². The summed E-state index contributed by atoms with van der Waals surface area (Å²) in [4.78, 5) is 24.9. The normalized spacial score (nSPS) is 22.8. The average Bonchev–Trinajstić information content (AvgIpc) is 2.42. The molecule has 2 unspecified atom stereocenters. The number of ether oxygens (including phenoxy) is 1. The number of rotatable bonds is 5. The molecule has 1 aromatic rings. The van der Waals surface area contributed by atoms with E-state index in [4.69, 9.17) is 4.74 Å². The first-order chi connectivity index (χ1) is 10.0. The van der Waals surface area contributed by atoms with Crippen molar-refractivity contribution < 1.29 is 14.3 Å². The van der Waals surface area contributed by atoms with Crippen molar-refractivity contribution in [2.45, 2.75) is 39.3 Å². The van der Waals surface area contributed by atoms with Crippen LogP contribution < -0.4 is 0 Å². The summed E-state index contributed by atoms with van der Waals surface area (Å²) in [7, 11) is 0. The minimum atomic E-state index is -0.393. The average molecular weight is 289 g/mol. The van der Waals surface area contributed by atoms with Crippen LogP contribution in [0.25, 0.3) is 0 Å². The van der Waals surface area contributed by atoms with Gasteiger partial charge >= 0.3 is 5.97 Å². The molecular formula is C17H23NO3. The fourth-order valence-electron chi connectivity index (χ4n) is 2.78. The molecule has 1 aromatic carbocycles. The first-order valence-electron chi connectivity index (χ1n) is 7.50. The van der Waals surface area contributed by atoms with E-state index in [2.05, 4.69) is 36.1 Å². The molecule has 2 atom stereocenters. The van der Waals surface area contributed by atoms with Gasteiger partial charge in [0.25, 0.3) is 0 Å². The zero-order chi connectivity index (χ0) is 15.2. The van der Waals surface area contributed by atoms with Crippen LogP contribution in [0.2, 0.25) is 0 Å². The van der Waals surface area contributed by atoms with E-state index in [0.29, 0.717) is 5.92 Å². The van der Waals surface area contributed by atoms with Gasteiger partial charge in [-0.25, -0.2) is 0 Å². The Balaban J connectivity index is 1.82. The summed E-state index contributed by atoms with van der Waals surface area (Å²) in [5, 5.41) is 0. The highest BCUT2D eigenvalue weighted by Gasteiger charge is 2.29. The van der Waals surface area contributed by atoms with Crippen molar-refractivity contribution in [3.63, 3.8) is 0 Å². The summed E-state index contributed by atoms with van der Waals surface area (Å²) in [6.07, 6.45) is 0.651. The monoisotopic (exact) mass is 289 g/mol. The molecule has 4 nitrogen and oxygen atoms in total. The number of hydrogen-bond donors (Lipinski definition) is 0. The SMILES string of the molecule is CC(=O)CC(=O)OC1CCN(Cc2ccccc2)CC1C. The Hall–Kier alpha value is -1.68. The summed E-state index contributed by atoms with van der Waals surface area (Å²) in [6, 6.07) is 10.4. The van der Waals surface area contributed by atoms with E-state index in [9.17, 15) is 9.59 Å². The van der Waals surface area contributed by atoms with Crippen LogP contribution in [0.5, 0.6) is 0 Å². The predicted molar refractivity (Wildman–Crippen MR) is 80.7 cm³/mol. The van der Waals surface area contributed by atoms with Crippen molar-refractivity contribution in [2.75, 3.05) is 13.1 Å². The molecule has 1 aliphatic heterocycles. The van der Waals surface area contributed by atoms with E-state index >= 15 is 0 Å². The highest BCUT2D eigenvalue weighted by atomic mass is 16.5. The van der Waals surface area contributed by atoms with E-state index in [1.165, 1.54) is 12.5 Å². The number of carbonyl (C=O) groups excluding carboxylic acids is 2.